The summed E-state index contributed by atoms with van der Waals surface area (Å²) in [5.41, 5.74) is 5.51. The number of methoxy groups -OCH3 is 2. The summed E-state index contributed by atoms with van der Waals surface area (Å²) in [5, 5.41) is 2.38. The number of hydrogen-bond donors (Lipinski definition) is 2. The molecule has 0 spiro atoms. The third kappa shape index (κ3) is 2.19. The Morgan fingerprint density at radius 1 is 1.04 bits per heavy atom. The molecule has 2 amide bonds. The lowest BCUT2D eigenvalue weighted by Gasteiger charge is -2.16. The van der Waals surface area contributed by atoms with Gasteiger partial charge in [0.05, 0.1) is 36.1 Å². The highest BCUT2D eigenvalue weighted by molar-refractivity contribution is 6.32. The van der Waals surface area contributed by atoms with Crippen molar-refractivity contribution in [2.24, 2.45) is 0 Å². The summed E-state index contributed by atoms with van der Waals surface area (Å²) in [6, 6.07) is 3.96. The maximum Gasteiger partial charge on any atom is 0.262 e. The first-order chi connectivity index (χ1) is 11.4. The number of benzene rings is 1. The van der Waals surface area contributed by atoms with Gasteiger partial charge in [-0.15, -0.1) is 0 Å². The fraction of sp³-hybridized carbons (Fsp3) is 0.133. The fourth-order valence-corrected chi connectivity index (χ4v) is 2.78. The number of fused-ring (bicyclic) bond motifs is 1. The van der Waals surface area contributed by atoms with Crippen LogP contribution in [0, 0.1) is 0 Å². The Bertz CT molecular complexity index is 951. The van der Waals surface area contributed by atoms with Crippen molar-refractivity contribution >= 4 is 29.2 Å². The summed E-state index contributed by atoms with van der Waals surface area (Å²) >= 11 is 6.05. The predicted octanol–water partition coefficient (Wildman–Crippen LogP) is 0.974. The molecule has 0 radical (unpaired) electrons. The van der Waals surface area contributed by atoms with Gasteiger partial charge in [-0.1, -0.05) is 11.6 Å². The van der Waals surface area contributed by atoms with Gasteiger partial charge in [0, 0.05) is 18.2 Å². The van der Waals surface area contributed by atoms with Gasteiger partial charge in [0.25, 0.3) is 17.4 Å². The molecule has 0 saturated heterocycles. The number of ether oxygens (including phenoxy) is 2. The molecular formula is C15H12ClN3O5. The molecule has 1 aromatic heterocycles. The standard InChI is InChI=1S/C15H12ClN3O5/c1-23-9-5-8(10(24-2)4-7(9)16)19-11(20)3-6-12(13(19)17)15(22)18-14(6)21/h3-5H,17H2,1-2H3,(H,18,21,22). The van der Waals surface area contributed by atoms with E-state index in [1.54, 1.807) is 0 Å². The number of nitrogens with one attached hydrogen (secondary N) is 1. The minimum atomic E-state index is -0.666. The monoisotopic (exact) mass is 349 g/mol. The van der Waals surface area contributed by atoms with Crippen LogP contribution in [-0.2, 0) is 0 Å². The normalized spacial score (nSPS) is 12.8. The number of imide groups is 1. The van der Waals surface area contributed by atoms with Crippen molar-refractivity contribution in [2.45, 2.75) is 0 Å². The molecule has 1 aromatic carbocycles. The van der Waals surface area contributed by atoms with E-state index in [1.807, 2.05) is 0 Å². The Morgan fingerprint density at radius 2 is 1.71 bits per heavy atom. The van der Waals surface area contributed by atoms with E-state index < -0.39 is 17.4 Å². The van der Waals surface area contributed by atoms with E-state index >= 15 is 0 Å². The van der Waals surface area contributed by atoms with E-state index in [0.29, 0.717) is 5.75 Å². The Kier molecular flexibility index (Phi) is 3.69. The zero-order valence-corrected chi connectivity index (χ0v) is 13.4. The van der Waals surface area contributed by atoms with E-state index in [1.165, 1.54) is 26.4 Å². The van der Waals surface area contributed by atoms with Crippen LogP contribution >= 0.6 is 11.6 Å². The van der Waals surface area contributed by atoms with Gasteiger partial charge in [-0.2, -0.15) is 0 Å². The maximum atomic E-state index is 12.5. The van der Waals surface area contributed by atoms with Gasteiger partial charge < -0.3 is 15.2 Å². The number of carbonyl (C=O) groups is 2. The van der Waals surface area contributed by atoms with Crippen molar-refractivity contribution in [3.8, 4) is 17.2 Å². The number of rotatable bonds is 3. The highest BCUT2D eigenvalue weighted by Crippen LogP contribution is 2.35. The van der Waals surface area contributed by atoms with Crippen molar-refractivity contribution in [1.29, 1.82) is 0 Å². The second-order valence-electron chi connectivity index (χ2n) is 4.93. The highest BCUT2D eigenvalue weighted by atomic mass is 35.5. The number of hydrogen-bond acceptors (Lipinski definition) is 6. The summed E-state index contributed by atoms with van der Waals surface area (Å²) in [4.78, 5) is 36.1. The SMILES string of the molecule is COc1cc(-n2c(N)c3c(cc2=O)C(=O)NC3=O)c(OC)cc1Cl. The number of halogens is 1. The number of anilines is 1. The van der Waals surface area contributed by atoms with Crippen LogP contribution in [0.3, 0.4) is 0 Å². The molecule has 3 N–H and O–H groups in total. The predicted molar refractivity (Wildman–Crippen MR) is 86.4 cm³/mol. The van der Waals surface area contributed by atoms with Crippen molar-refractivity contribution in [1.82, 2.24) is 9.88 Å². The first kappa shape index (κ1) is 15.9. The molecule has 2 aromatic rings. The molecule has 0 atom stereocenters. The van der Waals surface area contributed by atoms with Gasteiger partial charge in [0.15, 0.2) is 0 Å². The molecule has 0 aliphatic carbocycles. The average molecular weight is 350 g/mol. The van der Waals surface area contributed by atoms with Gasteiger partial charge in [-0.25, -0.2) is 0 Å². The second-order valence-corrected chi connectivity index (χ2v) is 5.34. The Hall–Kier alpha value is -3.00. The van der Waals surface area contributed by atoms with Gasteiger partial charge in [0.2, 0.25) is 0 Å². The van der Waals surface area contributed by atoms with Crippen LogP contribution in [0.2, 0.25) is 5.02 Å². The van der Waals surface area contributed by atoms with Crippen molar-refractivity contribution in [3.63, 3.8) is 0 Å². The zero-order valence-electron chi connectivity index (χ0n) is 12.7. The minimum absolute atomic E-state index is 0.0568. The van der Waals surface area contributed by atoms with Crippen molar-refractivity contribution < 1.29 is 19.1 Å². The van der Waals surface area contributed by atoms with Gasteiger partial charge >= 0.3 is 0 Å². The van der Waals surface area contributed by atoms with Crippen LogP contribution in [0.4, 0.5) is 5.82 Å². The van der Waals surface area contributed by atoms with Gasteiger partial charge in [-0.3, -0.25) is 24.3 Å². The molecule has 8 nitrogen and oxygen atoms in total. The van der Waals surface area contributed by atoms with Crippen LogP contribution in [0.15, 0.2) is 23.0 Å². The topological polar surface area (TPSA) is 113 Å². The molecule has 0 bridgehead atoms. The molecule has 124 valence electrons. The molecule has 0 fully saturated rings. The van der Waals surface area contributed by atoms with E-state index in [9.17, 15) is 14.4 Å². The van der Waals surface area contributed by atoms with Crippen LogP contribution in [-0.4, -0.2) is 30.6 Å². The summed E-state index contributed by atoms with van der Waals surface area (Å²) in [7, 11) is 2.81. The van der Waals surface area contributed by atoms with E-state index in [0.717, 1.165) is 10.6 Å². The van der Waals surface area contributed by atoms with Crippen molar-refractivity contribution in [2.75, 3.05) is 20.0 Å². The molecule has 9 heteroatoms. The molecule has 3 rings (SSSR count). The molecule has 0 unspecified atom stereocenters. The Morgan fingerprint density at radius 3 is 2.33 bits per heavy atom. The van der Waals surface area contributed by atoms with Gasteiger partial charge in [-0.05, 0) is 0 Å². The summed E-state index contributed by atoms with van der Waals surface area (Å²) in [6.07, 6.45) is 0. The lowest BCUT2D eigenvalue weighted by atomic mass is 10.1. The van der Waals surface area contributed by atoms with E-state index in [4.69, 9.17) is 26.8 Å². The third-order valence-electron chi connectivity index (χ3n) is 3.65. The second kappa shape index (κ2) is 5.57. The van der Waals surface area contributed by atoms with Crippen LogP contribution in [0.1, 0.15) is 20.7 Å². The first-order valence-electron chi connectivity index (χ1n) is 6.72. The van der Waals surface area contributed by atoms with Crippen LogP contribution in [0.25, 0.3) is 5.69 Å². The van der Waals surface area contributed by atoms with Crippen molar-refractivity contribution in [3.05, 3.63) is 44.7 Å². The number of pyridine rings is 1. The molecule has 1 aliphatic heterocycles. The summed E-state index contributed by atoms with van der Waals surface area (Å²) in [5.74, 6) is -0.963. The van der Waals surface area contributed by atoms with Crippen LogP contribution < -0.4 is 26.1 Å². The quantitative estimate of drug-likeness (QED) is 0.798. The van der Waals surface area contributed by atoms with E-state index in [-0.39, 0.29) is 33.4 Å². The molecule has 1 aliphatic rings. The maximum absolute atomic E-state index is 12.5. The Balaban J connectivity index is 2.37. The highest BCUT2D eigenvalue weighted by Gasteiger charge is 2.32. The number of amides is 2. The summed E-state index contributed by atoms with van der Waals surface area (Å²) < 4.78 is 11.4. The number of nitrogens with zero attached hydrogens (tertiary/aromatic N) is 1. The Labute approximate surface area is 140 Å². The number of nitrogens with two attached hydrogens (primary N) is 1. The van der Waals surface area contributed by atoms with Gasteiger partial charge in [0.1, 0.15) is 17.3 Å². The van der Waals surface area contributed by atoms with Crippen LogP contribution in [0.5, 0.6) is 11.5 Å². The number of carbonyl (C=O) groups excluding carboxylic acids is 2. The molecule has 2 heterocycles. The first-order valence-corrected chi connectivity index (χ1v) is 7.10. The average Bonchev–Trinajstić information content (AvgIpc) is 2.82. The largest absolute Gasteiger partial charge is 0.495 e. The van der Waals surface area contributed by atoms with E-state index in [2.05, 4.69) is 5.32 Å². The summed E-state index contributed by atoms with van der Waals surface area (Å²) in [6.45, 7) is 0. The number of aromatic nitrogens is 1. The molecule has 24 heavy (non-hydrogen) atoms. The third-order valence-corrected chi connectivity index (χ3v) is 3.94. The molecular weight excluding hydrogens is 338 g/mol. The molecule has 0 saturated carbocycles. The zero-order chi connectivity index (χ0) is 17.6. The fourth-order valence-electron chi connectivity index (χ4n) is 2.55. The smallest absolute Gasteiger partial charge is 0.262 e. The number of nitrogen functional groups attached to an aromatic ring is 1. The lowest BCUT2D eigenvalue weighted by Crippen LogP contribution is -2.24. The lowest BCUT2D eigenvalue weighted by molar-refractivity contribution is 0.0880. The minimum Gasteiger partial charge on any atom is -0.495 e.